The van der Waals surface area contributed by atoms with Crippen LogP contribution >= 0.6 is 0 Å². The molecule has 0 saturated carbocycles. The lowest BCUT2D eigenvalue weighted by Gasteiger charge is -2.30. The number of oxazole rings is 1. The number of carbonyl (C=O) groups excluding carboxylic acids is 1. The molecule has 1 N–H and O–H groups in total. The summed E-state index contributed by atoms with van der Waals surface area (Å²) in [6, 6.07) is 7.36. The minimum absolute atomic E-state index is 0.0471. The Bertz CT molecular complexity index is 765. The number of aromatic nitrogens is 1. The van der Waals surface area contributed by atoms with Gasteiger partial charge >= 0.3 is 5.76 Å². The normalized spacial score (nSPS) is 18.5. The SMILES string of the molecule is CC1CCCN(CCNC(=O)CCCn2c(=O)oc3ccccc32)C1. The molecule has 6 nitrogen and oxygen atoms in total. The Labute approximate surface area is 147 Å². The van der Waals surface area contributed by atoms with Gasteiger partial charge in [-0.05, 0) is 43.9 Å². The highest BCUT2D eigenvalue weighted by Crippen LogP contribution is 2.14. The van der Waals surface area contributed by atoms with E-state index < -0.39 is 0 Å². The molecule has 1 saturated heterocycles. The third kappa shape index (κ3) is 4.72. The van der Waals surface area contributed by atoms with Gasteiger partial charge in [0.15, 0.2) is 5.58 Å². The number of piperidine rings is 1. The molecule has 1 unspecified atom stereocenters. The van der Waals surface area contributed by atoms with Crippen molar-refractivity contribution < 1.29 is 9.21 Å². The molecule has 1 aliphatic rings. The molecule has 0 spiro atoms. The number of fused-ring (bicyclic) bond motifs is 1. The zero-order valence-corrected chi connectivity index (χ0v) is 14.9. The number of likely N-dealkylation sites (tertiary alicyclic amines) is 1. The fourth-order valence-corrected chi connectivity index (χ4v) is 3.56. The molecule has 1 atom stereocenters. The number of nitrogens with zero attached hydrogens (tertiary/aromatic N) is 2. The van der Waals surface area contributed by atoms with Crippen LogP contribution in [-0.4, -0.2) is 41.6 Å². The third-order valence-corrected chi connectivity index (χ3v) is 4.85. The maximum Gasteiger partial charge on any atom is 0.419 e. The largest absolute Gasteiger partial charge is 0.419 e. The van der Waals surface area contributed by atoms with Gasteiger partial charge < -0.3 is 14.6 Å². The van der Waals surface area contributed by atoms with Crippen LogP contribution in [-0.2, 0) is 11.3 Å². The number of carbonyl (C=O) groups is 1. The standard InChI is InChI=1S/C19H27N3O3/c1-15-6-4-11-21(14-15)13-10-20-18(23)9-5-12-22-16-7-2-3-8-17(16)25-19(22)24/h2-3,7-8,15H,4-6,9-14H2,1H3,(H,20,23). The molecule has 1 fully saturated rings. The van der Waals surface area contributed by atoms with Gasteiger partial charge in [0.05, 0.1) is 5.52 Å². The summed E-state index contributed by atoms with van der Waals surface area (Å²) in [6.07, 6.45) is 3.60. The van der Waals surface area contributed by atoms with Crippen molar-refractivity contribution in [3.8, 4) is 0 Å². The van der Waals surface area contributed by atoms with E-state index in [0.29, 0.717) is 31.5 Å². The summed E-state index contributed by atoms with van der Waals surface area (Å²) >= 11 is 0. The number of benzene rings is 1. The van der Waals surface area contributed by atoms with Gasteiger partial charge in [-0.3, -0.25) is 9.36 Å². The predicted molar refractivity (Wildman–Crippen MR) is 97.6 cm³/mol. The first-order valence-electron chi connectivity index (χ1n) is 9.21. The highest BCUT2D eigenvalue weighted by molar-refractivity contribution is 5.76. The van der Waals surface area contributed by atoms with Gasteiger partial charge in [-0.2, -0.15) is 0 Å². The van der Waals surface area contributed by atoms with Crippen LogP contribution in [0.15, 0.2) is 33.5 Å². The fourth-order valence-electron chi connectivity index (χ4n) is 3.56. The average Bonchev–Trinajstić information content (AvgIpc) is 2.91. The number of hydrogen-bond donors (Lipinski definition) is 1. The highest BCUT2D eigenvalue weighted by atomic mass is 16.4. The Morgan fingerprint density at radius 3 is 3.00 bits per heavy atom. The van der Waals surface area contributed by atoms with Gasteiger partial charge in [0.1, 0.15) is 0 Å². The summed E-state index contributed by atoms with van der Waals surface area (Å²) in [7, 11) is 0. The van der Waals surface area contributed by atoms with Crippen molar-refractivity contribution in [1.82, 2.24) is 14.8 Å². The molecule has 1 aliphatic heterocycles. The quantitative estimate of drug-likeness (QED) is 0.835. The fraction of sp³-hybridized carbons (Fsp3) is 0.579. The van der Waals surface area contributed by atoms with Crippen molar-refractivity contribution in [3.63, 3.8) is 0 Å². The van der Waals surface area contributed by atoms with Gasteiger partial charge in [0.25, 0.3) is 0 Å². The Balaban J connectivity index is 1.39. The molecular formula is C19H27N3O3. The van der Waals surface area contributed by atoms with E-state index in [9.17, 15) is 9.59 Å². The topological polar surface area (TPSA) is 67.5 Å². The first-order valence-corrected chi connectivity index (χ1v) is 9.21. The molecule has 1 aromatic heterocycles. The Morgan fingerprint density at radius 1 is 1.32 bits per heavy atom. The van der Waals surface area contributed by atoms with Crippen LogP contribution in [0.2, 0.25) is 0 Å². The van der Waals surface area contributed by atoms with Crippen molar-refractivity contribution in [2.24, 2.45) is 5.92 Å². The van der Waals surface area contributed by atoms with Crippen LogP contribution in [0, 0.1) is 5.92 Å². The van der Waals surface area contributed by atoms with Gasteiger partial charge in [-0.25, -0.2) is 4.79 Å². The lowest BCUT2D eigenvalue weighted by molar-refractivity contribution is -0.121. The lowest BCUT2D eigenvalue weighted by Crippen LogP contribution is -2.40. The molecule has 25 heavy (non-hydrogen) atoms. The minimum atomic E-state index is -0.360. The summed E-state index contributed by atoms with van der Waals surface area (Å²) in [5.74, 6) is 0.444. The van der Waals surface area contributed by atoms with Crippen molar-refractivity contribution in [3.05, 3.63) is 34.8 Å². The molecule has 0 aliphatic carbocycles. The lowest BCUT2D eigenvalue weighted by atomic mass is 10.0. The number of rotatable bonds is 7. The van der Waals surface area contributed by atoms with Crippen LogP contribution < -0.4 is 11.1 Å². The number of hydrogen-bond acceptors (Lipinski definition) is 4. The van der Waals surface area contributed by atoms with Crippen molar-refractivity contribution in [2.45, 2.75) is 39.2 Å². The van der Waals surface area contributed by atoms with Crippen molar-refractivity contribution in [1.29, 1.82) is 0 Å². The molecule has 2 heterocycles. The second-order valence-electron chi connectivity index (χ2n) is 6.99. The van der Waals surface area contributed by atoms with Crippen LogP contribution in [0.3, 0.4) is 0 Å². The van der Waals surface area contributed by atoms with Crippen LogP contribution in [0.25, 0.3) is 11.1 Å². The van der Waals surface area contributed by atoms with E-state index >= 15 is 0 Å². The highest BCUT2D eigenvalue weighted by Gasteiger charge is 2.15. The number of nitrogens with one attached hydrogen (secondary N) is 1. The van der Waals surface area contributed by atoms with Gasteiger partial charge in [-0.1, -0.05) is 19.1 Å². The Morgan fingerprint density at radius 2 is 2.16 bits per heavy atom. The van der Waals surface area contributed by atoms with Crippen LogP contribution in [0.1, 0.15) is 32.6 Å². The third-order valence-electron chi connectivity index (χ3n) is 4.85. The Hall–Kier alpha value is -2.08. The van der Waals surface area contributed by atoms with E-state index in [1.165, 1.54) is 12.8 Å². The minimum Gasteiger partial charge on any atom is -0.408 e. The number of para-hydroxylation sites is 2. The van der Waals surface area contributed by atoms with Gasteiger partial charge in [0, 0.05) is 32.6 Å². The predicted octanol–water partition coefficient (Wildman–Crippen LogP) is 2.22. The molecule has 6 heteroatoms. The van der Waals surface area contributed by atoms with Crippen LogP contribution in [0.5, 0.6) is 0 Å². The number of amides is 1. The first kappa shape index (κ1) is 17.7. The van der Waals surface area contributed by atoms with E-state index in [1.807, 2.05) is 18.2 Å². The second-order valence-corrected chi connectivity index (χ2v) is 6.99. The Kier molecular flexibility index (Phi) is 5.91. The number of aryl methyl sites for hydroxylation is 1. The molecule has 1 amide bonds. The van der Waals surface area contributed by atoms with E-state index in [4.69, 9.17) is 4.42 Å². The van der Waals surface area contributed by atoms with E-state index in [1.54, 1.807) is 10.6 Å². The molecule has 0 radical (unpaired) electrons. The summed E-state index contributed by atoms with van der Waals surface area (Å²) in [5, 5.41) is 2.99. The zero-order chi connectivity index (χ0) is 17.6. The molecule has 3 rings (SSSR count). The second kappa shape index (κ2) is 8.34. The van der Waals surface area contributed by atoms with E-state index in [2.05, 4.69) is 17.1 Å². The summed E-state index contributed by atoms with van der Waals surface area (Å²) in [5.41, 5.74) is 1.37. The maximum atomic E-state index is 12.0. The molecule has 2 aromatic rings. The van der Waals surface area contributed by atoms with Crippen molar-refractivity contribution >= 4 is 17.0 Å². The summed E-state index contributed by atoms with van der Waals surface area (Å²) in [6.45, 7) is 6.66. The van der Waals surface area contributed by atoms with E-state index in [-0.39, 0.29) is 11.7 Å². The monoisotopic (exact) mass is 345 g/mol. The summed E-state index contributed by atoms with van der Waals surface area (Å²) < 4.78 is 6.79. The smallest absolute Gasteiger partial charge is 0.408 e. The zero-order valence-electron chi connectivity index (χ0n) is 14.9. The van der Waals surface area contributed by atoms with Crippen molar-refractivity contribution in [2.75, 3.05) is 26.2 Å². The molecule has 1 aromatic carbocycles. The summed E-state index contributed by atoms with van der Waals surface area (Å²) in [4.78, 5) is 26.3. The maximum absolute atomic E-state index is 12.0. The van der Waals surface area contributed by atoms with E-state index in [0.717, 1.165) is 31.1 Å². The average molecular weight is 345 g/mol. The van der Waals surface area contributed by atoms with Crippen LogP contribution in [0.4, 0.5) is 0 Å². The molecule has 136 valence electrons. The van der Waals surface area contributed by atoms with Gasteiger partial charge in [-0.15, -0.1) is 0 Å². The first-order chi connectivity index (χ1) is 12.1. The molecular weight excluding hydrogens is 318 g/mol. The van der Waals surface area contributed by atoms with Gasteiger partial charge in [0.2, 0.25) is 5.91 Å². The molecule has 0 bridgehead atoms.